The number of hydrogen-bond acceptors (Lipinski definition) is 10. The Morgan fingerprint density at radius 3 is 0.892 bits per heavy atom. The predicted octanol–water partition coefficient (Wildman–Crippen LogP) is 0.0298. The zero-order valence-electron chi connectivity index (χ0n) is 18.6. The summed E-state index contributed by atoms with van der Waals surface area (Å²) in [6.07, 6.45) is 4.76. The SMILES string of the molecule is O=C([O-])c1ccc(-c2ccc(C(=O)O)cn2)nc1.O=C([O-])c1ccc(-c2ccc(C(=O)O)cn2)nc1.[Pb+2]. The summed E-state index contributed by atoms with van der Waals surface area (Å²) in [4.78, 5) is 58.1. The standard InChI is InChI=1S/2C12H8N2O4.Pb/c2*15-11(16)7-1-3-9(13-5-7)10-4-2-8(6-14-10)12(17)18;/h2*1-6H,(H,15,16)(H,17,18);/q;;+2/p-2. The third-order valence-corrected chi connectivity index (χ3v) is 4.54. The first-order valence-corrected chi connectivity index (χ1v) is 9.90. The van der Waals surface area contributed by atoms with Gasteiger partial charge >= 0.3 is 39.2 Å². The van der Waals surface area contributed by atoms with E-state index in [9.17, 15) is 29.4 Å². The zero-order chi connectivity index (χ0) is 26.2. The Bertz CT molecular complexity index is 1190. The molecule has 4 aromatic rings. The Labute approximate surface area is 228 Å². The molecule has 182 valence electrons. The van der Waals surface area contributed by atoms with Gasteiger partial charge in [0.2, 0.25) is 0 Å². The molecule has 0 fully saturated rings. The Hall–Kier alpha value is -4.60. The van der Waals surface area contributed by atoms with E-state index in [0.717, 1.165) is 12.4 Å². The topological polar surface area (TPSA) is 206 Å². The van der Waals surface area contributed by atoms with Crippen LogP contribution in [-0.4, -0.2) is 81.3 Å². The molecule has 0 bridgehead atoms. The molecule has 13 heteroatoms. The molecule has 0 spiro atoms. The maximum atomic E-state index is 10.6. The molecule has 37 heavy (non-hydrogen) atoms. The second-order valence-corrected chi connectivity index (χ2v) is 6.91. The van der Waals surface area contributed by atoms with Crippen LogP contribution in [0.25, 0.3) is 22.8 Å². The fourth-order valence-electron chi connectivity index (χ4n) is 2.68. The minimum atomic E-state index is -1.30. The number of rotatable bonds is 6. The second-order valence-electron chi connectivity index (χ2n) is 6.91. The number of carboxylic acid groups (broad SMARTS) is 4. The number of nitrogens with zero attached hydrogens (tertiary/aromatic N) is 4. The molecule has 0 aliphatic carbocycles. The van der Waals surface area contributed by atoms with E-state index >= 15 is 0 Å². The van der Waals surface area contributed by atoms with Gasteiger partial charge in [-0.25, -0.2) is 9.59 Å². The second kappa shape index (κ2) is 12.9. The van der Waals surface area contributed by atoms with Gasteiger partial charge in [0.1, 0.15) is 0 Å². The molecule has 0 aliphatic heterocycles. The van der Waals surface area contributed by atoms with Gasteiger partial charge in [0.15, 0.2) is 0 Å². The molecule has 0 aliphatic rings. The van der Waals surface area contributed by atoms with Crippen molar-refractivity contribution < 1.29 is 39.6 Å². The molecule has 2 radical (unpaired) electrons. The Kier molecular flexibility index (Phi) is 10.00. The maximum Gasteiger partial charge on any atom is 2.00 e. The largest absolute Gasteiger partial charge is 2.00 e. The summed E-state index contributed by atoms with van der Waals surface area (Å²) in [5.74, 6) is -4.73. The normalized spacial score (nSPS) is 9.73. The molecular formula is C24H14N4O8Pb. The average Bonchev–Trinajstić information content (AvgIpc) is 2.89. The fourth-order valence-corrected chi connectivity index (χ4v) is 2.68. The Morgan fingerprint density at radius 1 is 0.486 bits per heavy atom. The van der Waals surface area contributed by atoms with Gasteiger partial charge in [-0.1, -0.05) is 0 Å². The maximum absolute atomic E-state index is 10.6. The first kappa shape index (κ1) is 28.6. The molecule has 2 N–H and O–H groups in total. The van der Waals surface area contributed by atoms with Crippen LogP contribution in [0.4, 0.5) is 0 Å². The molecule has 0 unspecified atom stereocenters. The van der Waals surface area contributed by atoms with E-state index in [4.69, 9.17) is 10.2 Å². The molecular weight excluding hydrogens is 679 g/mol. The van der Waals surface area contributed by atoms with E-state index in [0.29, 0.717) is 22.8 Å². The first-order valence-electron chi connectivity index (χ1n) is 9.90. The van der Waals surface area contributed by atoms with E-state index < -0.39 is 23.9 Å². The third kappa shape index (κ3) is 7.69. The van der Waals surface area contributed by atoms with Gasteiger partial charge in [0, 0.05) is 35.9 Å². The van der Waals surface area contributed by atoms with Gasteiger partial charge in [0.25, 0.3) is 0 Å². The number of pyridine rings is 4. The van der Waals surface area contributed by atoms with E-state index in [1.54, 1.807) is 0 Å². The summed E-state index contributed by atoms with van der Waals surface area (Å²) in [5.41, 5.74) is 1.93. The molecule has 0 saturated heterocycles. The quantitative estimate of drug-likeness (QED) is 0.257. The number of hydrogen-bond donors (Lipinski definition) is 2. The first-order chi connectivity index (χ1) is 17.2. The van der Waals surface area contributed by atoms with Crippen LogP contribution in [0.2, 0.25) is 0 Å². The molecule has 0 atom stereocenters. The number of aromatic carboxylic acids is 4. The Balaban J connectivity index is 0.000000253. The van der Waals surface area contributed by atoms with Crippen LogP contribution in [0, 0.1) is 0 Å². The summed E-state index contributed by atoms with van der Waals surface area (Å²) in [7, 11) is 0. The fraction of sp³-hybridized carbons (Fsp3) is 0. The smallest absolute Gasteiger partial charge is 0.545 e. The molecule has 0 amide bonds. The van der Waals surface area contributed by atoms with Crippen LogP contribution in [-0.2, 0) is 0 Å². The molecule has 4 rings (SSSR count). The molecule has 0 saturated carbocycles. The van der Waals surface area contributed by atoms with Crippen molar-refractivity contribution in [2.45, 2.75) is 0 Å². The third-order valence-electron chi connectivity index (χ3n) is 4.54. The van der Waals surface area contributed by atoms with Crippen LogP contribution in [0.3, 0.4) is 0 Å². The zero-order valence-corrected chi connectivity index (χ0v) is 22.4. The summed E-state index contributed by atoms with van der Waals surface area (Å²) in [6.45, 7) is 0. The molecule has 4 heterocycles. The van der Waals surface area contributed by atoms with Crippen LogP contribution in [0.15, 0.2) is 73.3 Å². The van der Waals surface area contributed by atoms with E-state index in [1.807, 2.05) is 0 Å². The summed E-state index contributed by atoms with van der Waals surface area (Å²) >= 11 is 0. The summed E-state index contributed by atoms with van der Waals surface area (Å²) < 4.78 is 0. The minimum Gasteiger partial charge on any atom is -0.545 e. The minimum absolute atomic E-state index is 0. The van der Waals surface area contributed by atoms with E-state index in [1.165, 1.54) is 60.9 Å². The van der Waals surface area contributed by atoms with Crippen molar-refractivity contribution in [2.24, 2.45) is 0 Å². The monoisotopic (exact) mass is 694 g/mol. The van der Waals surface area contributed by atoms with Crippen LogP contribution < -0.4 is 10.2 Å². The van der Waals surface area contributed by atoms with Crippen molar-refractivity contribution in [3.8, 4) is 22.8 Å². The van der Waals surface area contributed by atoms with Crippen LogP contribution in [0.5, 0.6) is 0 Å². The predicted molar refractivity (Wildman–Crippen MR) is 123 cm³/mol. The van der Waals surface area contributed by atoms with Gasteiger partial charge in [-0.3, -0.25) is 19.9 Å². The summed E-state index contributed by atoms with van der Waals surface area (Å²) in [5, 5.41) is 38.5. The van der Waals surface area contributed by atoms with Crippen molar-refractivity contribution in [1.29, 1.82) is 0 Å². The van der Waals surface area contributed by atoms with Gasteiger partial charge < -0.3 is 30.0 Å². The van der Waals surface area contributed by atoms with E-state index in [2.05, 4.69) is 19.9 Å². The van der Waals surface area contributed by atoms with Gasteiger partial charge in [0.05, 0.1) is 45.8 Å². The van der Waals surface area contributed by atoms with Crippen LogP contribution >= 0.6 is 0 Å². The number of carbonyl (C=O) groups excluding carboxylic acids is 2. The molecule has 12 nitrogen and oxygen atoms in total. The average molecular weight is 694 g/mol. The summed E-state index contributed by atoms with van der Waals surface area (Å²) in [6, 6.07) is 11.5. The van der Waals surface area contributed by atoms with Crippen molar-refractivity contribution in [2.75, 3.05) is 0 Å². The number of carboxylic acids is 4. The number of aromatic nitrogens is 4. The van der Waals surface area contributed by atoms with E-state index in [-0.39, 0.29) is 49.6 Å². The van der Waals surface area contributed by atoms with Crippen molar-refractivity contribution >= 4 is 51.2 Å². The number of carbonyl (C=O) groups is 4. The Morgan fingerprint density at radius 2 is 0.730 bits per heavy atom. The van der Waals surface area contributed by atoms with Gasteiger partial charge in [-0.15, -0.1) is 0 Å². The molecule has 0 aromatic carbocycles. The van der Waals surface area contributed by atoms with Crippen molar-refractivity contribution in [3.63, 3.8) is 0 Å². The molecule has 4 aromatic heterocycles. The van der Waals surface area contributed by atoms with Crippen molar-refractivity contribution in [3.05, 3.63) is 95.6 Å². The van der Waals surface area contributed by atoms with Gasteiger partial charge in [-0.2, -0.15) is 0 Å². The van der Waals surface area contributed by atoms with Gasteiger partial charge in [-0.05, 0) is 48.5 Å². The van der Waals surface area contributed by atoms with Crippen molar-refractivity contribution in [1.82, 2.24) is 19.9 Å². The van der Waals surface area contributed by atoms with Crippen LogP contribution in [0.1, 0.15) is 41.4 Å².